The average molecular weight is 419 g/mol. The number of alkyl halides is 1. The minimum Gasteiger partial charge on any atom is -0.301 e. The lowest BCUT2D eigenvalue weighted by Crippen LogP contribution is -2.57. The summed E-state index contributed by atoms with van der Waals surface area (Å²) >= 11 is 5.60. The van der Waals surface area contributed by atoms with Crippen molar-refractivity contribution in [2.75, 3.05) is 5.32 Å². The number of thiazole rings is 1. The Hall–Kier alpha value is -0.940. The lowest BCUT2D eigenvalue weighted by atomic mass is 9.49. The van der Waals surface area contributed by atoms with E-state index in [0.717, 1.165) is 41.0 Å². The highest BCUT2D eigenvalue weighted by atomic mass is 79.9. The Labute approximate surface area is 160 Å². The van der Waals surface area contributed by atoms with Crippen molar-refractivity contribution in [3.8, 4) is 0 Å². The molecule has 2 aromatic rings. The number of carbonyl (C=O) groups excluding carboxylic acids is 1. The van der Waals surface area contributed by atoms with E-state index in [-0.39, 0.29) is 15.6 Å². The largest absolute Gasteiger partial charge is 0.301 e. The molecular formula is C20H23BrN2OS. The molecule has 1 aromatic carbocycles. The standard InChI is InChI=1S/C20H23BrN2OS/c1-2-12-3-4-15-16(6-12)25-18(22-15)23-17(24)19-7-13-5-14(8-19)10-20(21,9-13)11-19/h3-4,6,13-14H,2,5,7-11H2,1H3,(H,22,23,24)/t13-,14+,19?,20?. The van der Waals surface area contributed by atoms with Gasteiger partial charge in [-0.3, -0.25) is 4.79 Å². The first-order chi connectivity index (χ1) is 12.0. The molecule has 4 saturated carbocycles. The third-order valence-corrected chi connectivity index (χ3v) is 8.41. The van der Waals surface area contributed by atoms with Gasteiger partial charge in [-0.2, -0.15) is 0 Å². The smallest absolute Gasteiger partial charge is 0.232 e. The summed E-state index contributed by atoms with van der Waals surface area (Å²) in [6.07, 6.45) is 7.96. The highest BCUT2D eigenvalue weighted by Crippen LogP contribution is 2.64. The number of aromatic nitrogens is 1. The second-order valence-corrected chi connectivity index (χ2v) is 11.2. The highest BCUT2D eigenvalue weighted by molar-refractivity contribution is 9.10. The molecule has 0 radical (unpaired) electrons. The molecule has 5 heteroatoms. The first kappa shape index (κ1) is 16.2. The van der Waals surface area contributed by atoms with E-state index in [1.165, 1.54) is 24.8 Å². The van der Waals surface area contributed by atoms with Crippen molar-refractivity contribution in [1.29, 1.82) is 0 Å². The number of nitrogens with zero attached hydrogens (tertiary/aromatic N) is 1. The third kappa shape index (κ3) is 2.66. The molecule has 0 saturated heterocycles. The number of halogens is 1. The van der Waals surface area contributed by atoms with Crippen LogP contribution >= 0.6 is 27.3 Å². The Morgan fingerprint density at radius 1 is 1.32 bits per heavy atom. The Morgan fingerprint density at radius 2 is 2.08 bits per heavy atom. The highest BCUT2D eigenvalue weighted by Gasteiger charge is 2.59. The maximum atomic E-state index is 13.2. The first-order valence-corrected chi connectivity index (χ1v) is 11.0. The average Bonchev–Trinajstić information content (AvgIpc) is 2.93. The van der Waals surface area contributed by atoms with Crippen LogP contribution in [0.15, 0.2) is 18.2 Å². The minimum atomic E-state index is -0.181. The van der Waals surface area contributed by atoms with Crippen LogP contribution in [0.5, 0.6) is 0 Å². The fourth-order valence-corrected chi connectivity index (χ4v) is 8.27. The van der Waals surface area contributed by atoms with Crippen molar-refractivity contribution in [2.45, 2.75) is 56.2 Å². The van der Waals surface area contributed by atoms with Crippen LogP contribution in [0.1, 0.15) is 51.0 Å². The molecule has 4 bridgehead atoms. The fraction of sp³-hybridized carbons (Fsp3) is 0.600. The van der Waals surface area contributed by atoms with Gasteiger partial charge in [0, 0.05) is 4.32 Å². The molecule has 4 aliphatic carbocycles. The number of fused-ring (bicyclic) bond motifs is 1. The monoisotopic (exact) mass is 418 g/mol. The van der Waals surface area contributed by atoms with Crippen molar-refractivity contribution < 1.29 is 4.79 Å². The Morgan fingerprint density at radius 3 is 2.76 bits per heavy atom. The number of anilines is 1. The lowest BCUT2D eigenvalue weighted by Gasteiger charge is -2.59. The van der Waals surface area contributed by atoms with Crippen LogP contribution in [0.2, 0.25) is 0 Å². The van der Waals surface area contributed by atoms with E-state index < -0.39 is 0 Å². The van der Waals surface area contributed by atoms with Crippen molar-refractivity contribution >= 4 is 48.5 Å². The van der Waals surface area contributed by atoms with Crippen LogP contribution in [0.25, 0.3) is 10.2 Å². The van der Waals surface area contributed by atoms with Crippen LogP contribution in [0, 0.1) is 17.3 Å². The SMILES string of the molecule is CCc1ccc2nc(NC(=O)C34C[C@@H]5C[C@@H](CC(Br)(C5)C3)C4)sc2c1. The van der Waals surface area contributed by atoms with Gasteiger partial charge >= 0.3 is 0 Å². The third-order valence-electron chi connectivity index (χ3n) is 6.55. The zero-order valence-electron chi connectivity index (χ0n) is 14.5. The van der Waals surface area contributed by atoms with Crippen LogP contribution in [0.3, 0.4) is 0 Å². The van der Waals surface area contributed by atoms with Gasteiger partial charge in [0.15, 0.2) is 5.13 Å². The number of rotatable bonds is 3. The number of hydrogen-bond acceptors (Lipinski definition) is 3. The molecule has 3 nitrogen and oxygen atoms in total. The van der Waals surface area contributed by atoms with Gasteiger partial charge in [0.05, 0.1) is 15.6 Å². The summed E-state index contributed by atoms with van der Waals surface area (Å²) in [5.74, 6) is 1.64. The predicted molar refractivity (Wildman–Crippen MR) is 106 cm³/mol. The topological polar surface area (TPSA) is 42.0 Å². The van der Waals surface area contributed by atoms with Gasteiger partial charge < -0.3 is 5.32 Å². The van der Waals surface area contributed by atoms with Gasteiger partial charge in [0.2, 0.25) is 5.91 Å². The fourth-order valence-electron chi connectivity index (χ4n) is 5.89. The zero-order chi connectivity index (χ0) is 17.2. The van der Waals surface area contributed by atoms with Crippen LogP contribution < -0.4 is 5.32 Å². The summed E-state index contributed by atoms with van der Waals surface area (Å²) in [4.78, 5) is 17.9. The van der Waals surface area contributed by atoms with Crippen molar-refractivity contribution in [3.63, 3.8) is 0 Å². The van der Waals surface area contributed by atoms with Gasteiger partial charge in [-0.25, -0.2) is 4.98 Å². The molecule has 1 N–H and O–H groups in total. The molecule has 1 amide bonds. The van der Waals surface area contributed by atoms with E-state index >= 15 is 0 Å². The minimum absolute atomic E-state index is 0.181. The molecule has 1 aromatic heterocycles. The number of amides is 1. The van der Waals surface area contributed by atoms with Crippen molar-refractivity contribution in [1.82, 2.24) is 4.98 Å². The molecule has 2 unspecified atom stereocenters. The molecule has 4 fully saturated rings. The second kappa shape index (κ2) is 5.53. The van der Waals surface area contributed by atoms with Gasteiger partial charge in [-0.15, -0.1) is 0 Å². The molecular weight excluding hydrogens is 396 g/mol. The Kier molecular flexibility index (Phi) is 3.59. The van der Waals surface area contributed by atoms with Gasteiger partial charge in [0.1, 0.15) is 0 Å². The molecule has 0 spiro atoms. The maximum absolute atomic E-state index is 13.2. The number of benzene rings is 1. The maximum Gasteiger partial charge on any atom is 0.232 e. The van der Waals surface area contributed by atoms with E-state index in [2.05, 4.69) is 51.4 Å². The molecule has 4 atom stereocenters. The Bertz CT molecular complexity index is 846. The summed E-state index contributed by atoms with van der Waals surface area (Å²) in [7, 11) is 0. The summed E-state index contributed by atoms with van der Waals surface area (Å²) < 4.78 is 1.37. The normalized spacial score (nSPS) is 36.1. The molecule has 6 rings (SSSR count). The summed E-state index contributed by atoms with van der Waals surface area (Å²) in [5.41, 5.74) is 2.12. The number of aryl methyl sites for hydroxylation is 1. The van der Waals surface area contributed by atoms with Crippen molar-refractivity contribution in [3.05, 3.63) is 23.8 Å². The summed E-state index contributed by atoms with van der Waals surface area (Å²) in [6.45, 7) is 2.16. The van der Waals surface area contributed by atoms with Crippen LogP contribution in [-0.2, 0) is 11.2 Å². The first-order valence-electron chi connectivity index (χ1n) is 9.37. The summed E-state index contributed by atoms with van der Waals surface area (Å²) in [6, 6.07) is 6.39. The quantitative estimate of drug-likeness (QED) is 0.665. The van der Waals surface area contributed by atoms with E-state index in [9.17, 15) is 4.79 Å². The van der Waals surface area contributed by atoms with Crippen LogP contribution in [-0.4, -0.2) is 15.2 Å². The zero-order valence-corrected chi connectivity index (χ0v) is 16.9. The predicted octanol–water partition coefficient (Wildman–Crippen LogP) is 5.53. The number of carbonyl (C=O) groups is 1. The number of hydrogen-bond donors (Lipinski definition) is 1. The summed E-state index contributed by atoms with van der Waals surface area (Å²) in [5, 5.41) is 3.95. The molecule has 4 aliphatic rings. The molecule has 132 valence electrons. The second-order valence-electron chi connectivity index (χ2n) is 8.52. The lowest BCUT2D eigenvalue weighted by molar-refractivity contribution is -0.138. The van der Waals surface area contributed by atoms with Gasteiger partial charge in [-0.05, 0) is 74.5 Å². The number of nitrogens with one attached hydrogen (secondary N) is 1. The van der Waals surface area contributed by atoms with E-state index in [1.54, 1.807) is 11.3 Å². The van der Waals surface area contributed by atoms with Crippen LogP contribution in [0.4, 0.5) is 5.13 Å². The van der Waals surface area contributed by atoms with E-state index in [0.29, 0.717) is 11.8 Å². The van der Waals surface area contributed by atoms with Crippen molar-refractivity contribution in [2.24, 2.45) is 17.3 Å². The van der Waals surface area contributed by atoms with E-state index in [4.69, 9.17) is 0 Å². The Balaban J connectivity index is 1.42. The van der Waals surface area contributed by atoms with Gasteiger partial charge in [0.25, 0.3) is 0 Å². The molecule has 1 heterocycles. The van der Waals surface area contributed by atoms with Gasteiger partial charge in [-0.1, -0.05) is 40.3 Å². The molecule has 25 heavy (non-hydrogen) atoms. The molecule has 0 aliphatic heterocycles. The van der Waals surface area contributed by atoms with E-state index in [1.807, 2.05) is 0 Å².